The van der Waals surface area contributed by atoms with Crippen molar-refractivity contribution in [2.45, 2.75) is 6.10 Å². The molecule has 0 aromatic heterocycles. The topological polar surface area (TPSA) is 9.23 Å². The van der Waals surface area contributed by atoms with Gasteiger partial charge in [-0.25, -0.2) is 0 Å². The summed E-state index contributed by atoms with van der Waals surface area (Å²) in [5.74, 6) is 0. The van der Waals surface area contributed by atoms with Crippen LogP contribution in [-0.4, -0.2) is 0 Å². The molecule has 0 N–H and O–H groups in total. The van der Waals surface area contributed by atoms with E-state index in [-0.39, 0.29) is 6.10 Å². The zero-order valence-corrected chi connectivity index (χ0v) is 8.84. The average Bonchev–Trinajstić information content (AvgIpc) is 2.39. The lowest BCUT2D eigenvalue weighted by atomic mass is 10.00. The van der Waals surface area contributed by atoms with E-state index < -0.39 is 0 Å². The van der Waals surface area contributed by atoms with Crippen molar-refractivity contribution in [2.75, 3.05) is 0 Å². The van der Waals surface area contributed by atoms with Crippen molar-refractivity contribution >= 4 is 10.8 Å². The molecule has 3 rings (SSSR count). The van der Waals surface area contributed by atoms with E-state index in [0.29, 0.717) is 0 Å². The molecule has 1 heteroatoms. The minimum Gasteiger partial charge on any atom is -0.489 e. The highest BCUT2D eigenvalue weighted by molar-refractivity contribution is 5.86. The van der Waals surface area contributed by atoms with Gasteiger partial charge in [0.2, 0.25) is 0 Å². The van der Waals surface area contributed by atoms with Crippen LogP contribution in [0, 0.1) is 0 Å². The van der Waals surface area contributed by atoms with Gasteiger partial charge in [0.05, 0.1) is 6.26 Å². The number of fused-ring (bicyclic) bond motifs is 1. The summed E-state index contributed by atoms with van der Waals surface area (Å²) in [4.78, 5) is 0. The van der Waals surface area contributed by atoms with Crippen LogP contribution >= 0.6 is 0 Å². The van der Waals surface area contributed by atoms with Crippen LogP contribution in [0.4, 0.5) is 0 Å². The molecule has 0 unspecified atom stereocenters. The second kappa shape index (κ2) is 3.86. The molecule has 2 aromatic rings. The van der Waals surface area contributed by atoms with Crippen molar-refractivity contribution in [3.63, 3.8) is 0 Å². The Morgan fingerprint density at radius 2 is 1.75 bits per heavy atom. The first-order chi connectivity index (χ1) is 7.95. The Bertz CT molecular complexity index is 561. The molecule has 0 radical (unpaired) electrons. The van der Waals surface area contributed by atoms with Crippen LogP contribution in [0.3, 0.4) is 0 Å². The van der Waals surface area contributed by atoms with Crippen molar-refractivity contribution in [3.8, 4) is 0 Å². The molecule has 16 heavy (non-hydrogen) atoms. The molecule has 0 amide bonds. The standard InChI is InChI=1S/C15H12O/c1-2-8-13-12(6-1)7-5-9-14(13)15-10-3-4-11-16-15/h1-11,15H/t15-/m1/s1. The van der Waals surface area contributed by atoms with E-state index >= 15 is 0 Å². The minimum atomic E-state index is 0.0381. The highest BCUT2D eigenvalue weighted by atomic mass is 16.5. The maximum Gasteiger partial charge on any atom is 0.142 e. The van der Waals surface area contributed by atoms with Crippen LogP contribution in [0.5, 0.6) is 0 Å². The number of benzene rings is 2. The summed E-state index contributed by atoms with van der Waals surface area (Å²) in [5, 5.41) is 2.52. The van der Waals surface area contributed by atoms with Crippen molar-refractivity contribution in [2.24, 2.45) is 0 Å². The summed E-state index contributed by atoms with van der Waals surface area (Å²) in [7, 11) is 0. The molecule has 1 aliphatic heterocycles. The van der Waals surface area contributed by atoms with Gasteiger partial charge in [0.25, 0.3) is 0 Å². The fourth-order valence-corrected chi connectivity index (χ4v) is 2.06. The van der Waals surface area contributed by atoms with Crippen LogP contribution in [0.15, 0.2) is 67.0 Å². The van der Waals surface area contributed by atoms with Gasteiger partial charge in [-0.15, -0.1) is 0 Å². The van der Waals surface area contributed by atoms with Gasteiger partial charge in [0.1, 0.15) is 6.10 Å². The van der Waals surface area contributed by atoms with Crippen LogP contribution in [0.1, 0.15) is 11.7 Å². The molecule has 0 spiro atoms. The van der Waals surface area contributed by atoms with Gasteiger partial charge in [0, 0.05) is 5.56 Å². The zero-order chi connectivity index (χ0) is 10.8. The Hall–Kier alpha value is -2.02. The molecule has 1 atom stereocenters. The maximum absolute atomic E-state index is 5.60. The van der Waals surface area contributed by atoms with Crippen LogP contribution in [0.2, 0.25) is 0 Å². The Morgan fingerprint density at radius 1 is 0.875 bits per heavy atom. The smallest absolute Gasteiger partial charge is 0.142 e. The van der Waals surface area contributed by atoms with Gasteiger partial charge >= 0.3 is 0 Å². The predicted molar refractivity (Wildman–Crippen MR) is 66.1 cm³/mol. The molecule has 78 valence electrons. The fraction of sp³-hybridized carbons (Fsp3) is 0.0667. The lowest BCUT2D eigenvalue weighted by Crippen LogP contribution is -2.00. The summed E-state index contributed by atoms with van der Waals surface area (Å²) in [6.07, 6.45) is 7.78. The SMILES string of the molecule is C1=CO[C@@H](c2cccc3ccccc23)C=C1. The summed E-state index contributed by atoms with van der Waals surface area (Å²) in [5.41, 5.74) is 1.22. The number of hydrogen-bond donors (Lipinski definition) is 0. The molecule has 0 saturated heterocycles. The van der Waals surface area contributed by atoms with Gasteiger partial charge in [-0.05, 0) is 22.9 Å². The molecule has 0 bridgehead atoms. The molecule has 1 heterocycles. The van der Waals surface area contributed by atoms with Gasteiger partial charge in [-0.1, -0.05) is 48.5 Å². The summed E-state index contributed by atoms with van der Waals surface area (Å²) in [6.45, 7) is 0. The molecule has 0 saturated carbocycles. The third-order valence-electron chi connectivity index (χ3n) is 2.83. The Labute approximate surface area is 94.7 Å². The van der Waals surface area contributed by atoms with Crippen molar-refractivity contribution in [1.29, 1.82) is 0 Å². The van der Waals surface area contributed by atoms with E-state index in [2.05, 4.69) is 48.5 Å². The third-order valence-corrected chi connectivity index (χ3v) is 2.83. The van der Waals surface area contributed by atoms with E-state index in [1.807, 2.05) is 12.2 Å². The van der Waals surface area contributed by atoms with Crippen molar-refractivity contribution in [1.82, 2.24) is 0 Å². The number of hydrogen-bond acceptors (Lipinski definition) is 1. The van der Waals surface area contributed by atoms with E-state index in [0.717, 1.165) is 0 Å². The molecule has 0 fully saturated rings. The average molecular weight is 208 g/mol. The summed E-state index contributed by atoms with van der Waals surface area (Å²) < 4.78 is 5.60. The number of ether oxygens (including phenoxy) is 1. The first-order valence-electron chi connectivity index (χ1n) is 5.41. The molecule has 2 aromatic carbocycles. The van der Waals surface area contributed by atoms with Crippen LogP contribution in [0.25, 0.3) is 10.8 Å². The minimum absolute atomic E-state index is 0.0381. The first-order valence-corrected chi connectivity index (χ1v) is 5.41. The van der Waals surface area contributed by atoms with Gasteiger partial charge in [0.15, 0.2) is 0 Å². The number of rotatable bonds is 1. The molecular formula is C15H12O. The van der Waals surface area contributed by atoms with E-state index in [9.17, 15) is 0 Å². The van der Waals surface area contributed by atoms with Crippen LogP contribution < -0.4 is 0 Å². The molecule has 1 aliphatic rings. The van der Waals surface area contributed by atoms with E-state index in [1.165, 1.54) is 16.3 Å². The fourth-order valence-electron chi connectivity index (χ4n) is 2.06. The molecular weight excluding hydrogens is 196 g/mol. The normalized spacial score (nSPS) is 18.6. The second-order valence-electron chi connectivity index (χ2n) is 3.84. The van der Waals surface area contributed by atoms with Crippen molar-refractivity contribution < 1.29 is 4.74 Å². The van der Waals surface area contributed by atoms with Gasteiger partial charge in [-0.3, -0.25) is 0 Å². The molecule has 1 nitrogen and oxygen atoms in total. The number of allylic oxidation sites excluding steroid dienone is 2. The summed E-state index contributed by atoms with van der Waals surface area (Å²) in [6, 6.07) is 14.7. The quantitative estimate of drug-likeness (QED) is 0.688. The lowest BCUT2D eigenvalue weighted by molar-refractivity contribution is 0.187. The largest absolute Gasteiger partial charge is 0.489 e. The monoisotopic (exact) mass is 208 g/mol. The zero-order valence-electron chi connectivity index (χ0n) is 8.84. The maximum atomic E-state index is 5.60. The van der Waals surface area contributed by atoms with Crippen molar-refractivity contribution in [3.05, 3.63) is 72.5 Å². The van der Waals surface area contributed by atoms with E-state index in [1.54, 1.807) is 6.26 Å². The van der Waals surface area contributed by atoms with E-state index in [4.69, 9.17) is 4.74 Å². The lowest BCUT2D eigenvalue weighted by Gasteiger charge is -2.17. The second-order valence-corrected chi connectivity index (χ2v) is 3.84. The molecule has 0 aliphatic carbocycles. The van der Waals surface area contributed by atoms with Crippen LogP contribution in [-0.2, 0) is 4.74 Å². The third kappa shape index (κ3) is 1.50. The Morgan fingerprint density at radius 3 is 2.62 bits per heavy atom. The van der Waals surface area contributed by atoms with Gasteiger partial charge < -0.3 is 4.74 Å². The Balaban J connectivity index is 2.16. The Kier molecular flexibility index (Phi) is 2.22. The highest BCUT2D eigenvalue weighted by Gasteiger charge is 2.12. The first kappa shape index (κ1) is 9.22. The highest BCUT2D eigenvalue weighted by Crippen LogP contribution is 2.28. The van der Waals surface area contributed by atoms with Gasteiger partial charge in [-0.2, -0.15) is 0 Å². The predicted octanol–water partition coefficient (Wildman–Crippen LogP) is 3.98. The summed E-state index contributed by atoms with van der Waals surface area (Å²) >= 11 is 0.